The fourth-order valence-electron chi connectivity index (χ4n) is 2.60. The van der Waals surface area contributed by atoms with Crippen LogP contribution in [0.1, 0.15) is 20.7 Å². The second-order valence-corrected chi connectivity index (χ2v) is 4.99. The molecular weight excluding hydrogens is 272 g/mol. The molecule has 1 aliphatic rings. The topological polar surface area (TPSA) is 104 Å². The van der Waals surface area contributed by atoms with Crippen LogP contribution in [0.2, 0.25) is 0 Å². The molecule has 0 aliphatic carbocycles. The number of nitrogens with zero attached hydrogens (tertiary/aromatic N) is 1. The van der Waals surface area contributed by atoms with E-state index in [1.54, 1.807) is 30.3 Å². The summed E-state index contributed by atoms with van der Waals surface area (Å²) in [5.74, 6) is -0.979. The van der Waals surface area contributed by atoms with Crippen molar-refractivity contribution in [1.82, 2.24) is 4.90 Å². The first kappa shape index (κ1) is 13.5. The molecule has 2 aromatic rings. The molecular formula is C15H14N2O4. The molecule has 0 fully saturated rings. The number of carbonyl (C=O) groups is 2. The van der Waals surface area contributed by atoms with Gasteiger partial charge in [0.25, 0.3) is 11.8 Å². The molecule has 1 aliphatic heterocycles. The van der Waals surface area contributed by atoms with Gasteiger partial charge >= 0.3 is 0 Å². The maximum absolute atomic E-state index is 12.4. The van der Waals surface area contributed by atoms with Gasteiger partial charge in [-0.2, -0.15) is 0 Å². The van der Waals surface area contributed by atoms with Crippen molar-refractivity contribution in [3.8, 4) is 0 Å². The largest absolute Gasteiger partial charge is 0.398 e. The van der Waals surface area contributed by atoms with Crippen molar-refractivity contribution >= 4 is 28.3 Å². The van der Waals surface area contributed by atoms with Gasteiger partial charge < -0.3 is 15.9 Å². The minimum atomic E-state index is -1.16. The molecule has 0 saturated heterocycles. The van der Waals surface area contributed by atoms with Crippen LogP contribution in [0.25, 0.3) is 10.8 Å². The van der Waals surface area contributed by atoms with Gasteiger partial charge in [0.05, 0.1) is 19.3 Å². The quantitative estimate of drug-likeness (QED) is 0.558. The lowest BCUT2D eigenvalue weighted by molar-refractivity contribution is 0.0391. The lowest BCUT2D eigenvalue weighted by Crippen LogP contribution is -2.45. The zero-order valence-corrected chi connectivity index (χ0v) is 11.1. The number of β-amino-alcohol motifs (C(OH)–C–C–N with tert-alkyl or cyclic N) is 1. The second-order valence-electron chi connectivity index (χ2n) is 4.99. The molecule has 0 bridgehead atoms. The fraction of sp³-hybridized carbons (Fsp3) is 0.200. The number of nitrogens with two attached hydrogens (primary N) is 1. The van der Waals surface area contributed by atoms with Crippen LogP contribution in [0.4, 0.5) is 5.69 Å². The van der Waals surface area contributed by atoms with E-state index in [0.717, 1.165) is 4.90 Å². The highest BCUT2D eigenvalue weighted by Gasteiger charge is 2.34. The Labute approximate surface area is 120 Å². The van der Waals surface area contributed by atoms with Gasteiger partial charge in [-0.25, -0.2) is 0 Å². The van der Waals surface area contributed by atoms with Crippen LogP contribution < -0.4 is 5.73 Å². The lowest BCUT2D eigenvalue weighted by Gasteiger charge is -2.28. The molecule has 2 amide bonds. The summed E-state index contributed by atoms with van der Waals surface area (Å²) >= 11 is 0. The summed E-state index contributed by atoms with van der Waals surface area (Å²) < 4.78 is 0. The molecule has 1 atom stereocenters. The zero-order chi connectivity index (χ0) is 15.1. The van der Waals surface area contributed by atoms with Gasteiger partial charge in [0, 0.05) is 27.6 Å². The molecule has 108 valence electrons. The highest BCUT2D eigenvalue weighted by atomic mass is 16.3. The Hall–Kier alpha value is -2.44. The molecule has 0 spiro atoms. The number of hydrogen-bond acceptors (Lipinski definition) is 5. The Kier molecular flexibility index (Phi) is 3.12. The monoisotopic (exact) mass is 286 g/mol. The van der Waals surface area contributed by atoms with E-state index in [4.69, 9.17) is 10.8 Å². The molecule has 3 rings (SSSR count). The van der Waals surface area contributed by atoms with Crippen LogP contribution in [0.3, 0.4) is 0 Å². The molecule has 0 saturated carbocycles. The number of aliphatic hydroxyl groups is 2. The summed E-state index contributed by atoms with van der Waals surface area (Å²) in [6.07, 6.45) is -1.16. The third kappa shape index (κ3) is 1.96. The molecule has 0 unspecified atom stereocenters. The number of imide groups is 1. The lowest BCUT2D eigenvalue weighted by atomic mass is 9.93. The van der Waals surface area contributed by atoms with E-state index in [-0.39, 0.29) is 6.54 Å². The Balaban J connectivity index is 2.20. The Morgan fingerprint density at radius 2 is 1.76 bits per heavy atom. The van der Waals surface area contributed by atoms with Gasteiger partial charge in [-0.05, 0) is 18.2 Å². The van der Waals surface area contributed by atoms with Gasteiger partial charge in [0.15, 0.2) is 0 Å². The van der Waals surface area contributed by atoms with E-state index < -0.39 is 24.5 Å². The van der Waals surface area contributed by atoms with Gasteiger partial charge in [-0.3, -0.25) is 14.5 Å². The summed E-state index contributed by atoms with van der Waals surface area (Å²) in [6.45, 7) is -0.760. The normalized spacial score (nSPS) is 15.6. The van der Waals surface area contributed by atoms with Crippen molar-refractivity contribution in [3.63, 3.8) is 0 Å². The minimum Gasteiger partial charge on any atom is -0.398 e. The van der Waals surface area contributed by atoms with Crippen LogP contribution in [0, 0.1) is 0 Å². The third-order valence-corrected chi connectivity index (χ3v) is 3.63. The first-order valence-electron chi connectivity index (χ1n) is 6.51. The molecule has 21 heavy (non-hydrogen) atoms. The van der Waals surface area contributed by atoms with Crippen molar-refractivity contribution < 1.29 is 19.8 Å². The molecule has 0 radical (unpaired) electrons. The molecule has 2 aromatic carbocycles. The van der Waals surface area contributed by atoms with Crippen molar-refractivity contribution in [3.05, 3.63) is 41.5 Å². The van der Waals surface area contributed by atoms with Gasteiger partial charge in [0.2, 0.25) is 0 Å². The molecule has 6 heteroatoms. The van der Waals surface area contributed by atoms with Crippen LogP contribution in [0.15, 0.2) is 30.3 Å². The van der Waals surface area contributed by atoms with E-state index in [1.807, 2.05) is 0 Å². The van der Waals surface area contributed by atoms with Crippen LogP contribution in [-0.4, -0.2) is 46.2 Å². The third-order valence-electron chi connectivity index (χ3n) is 3.63. The summed E-state index contributed by atoms with van der Waals surface area (Å²) in [5.41, 5.74) is 7.14. The first-order valence-corrected chi connectivity index (χ1v) is 6.51. The Bertz CT molecular complexity index is 734. The molecule has 6 nitrogen and oxygen atoms in total. The number of aliphatic hydroxyl groups excluding tert-OH is 2. The average molecular weight is 286 g/mol. The number of rotatable bonds is 3. The summed E-state index contributed by atoms with van der Waals surface area (Å²) in [7, 11) is 0. The van der Waals surface area contributed by atoms with E-state index in [9.17, 15) is 14.7 Å². The highest BCUT2D eigenvalue weighted by Crippen LogP contribution is 2.33. The van der Waals surface area contributed by atoms with Crippen molar-refractivity contribution in [2.24, 2.45) is 0 Å². The van der Waals surface area contributed by atoms with Crippen molar-refractivity contribution in [2.45, 2.75) is 6.10 Å². The van der Waals surface area contributed by atoms with E-state index in [0.29, 0.717) is 27.6 Å². The number of anilines is 1. The first-order chi connectivity index (χ1) is 10.0. The summed E-state index contributed by atoms with van der Waals surface area (Å²) in [5, 5.41) is 19.6. The van der Waals surface area contributed by atoms with Crippen molar-refractivity contribution in [1.29, 1.82) is 0 Å². The van der Waals surface area contributed by atoms with Crippen LogP contribution >= 0.6 is 0 Å². The second kappa shape index (κ2) is 4.83. The average Bonchev–Trinajstić information content (AvgIpc) is 2.50. The number of amides is 2. The van der Waals surface area contributed by atoms with Crippen LogP contribution in [0.5, 0.6) is 0 Å². The SMILES string of the molecule is Nc1ccc2c3c(cccc13)C(=O)N(C[C@@H](O)CO)C2=O. The van der Waals surface area contributed by atoms with Crippen molar-refractivity contribution in [2.75, 3.05) is 18.9 Å². The Morgan fingerprint density at radius 3 is 2.43 bits per heavy atom. The fourth-order valence-corrected chi connectivity index (χ4v) is 2.60. The van der Waals surface area contributed by atoms with E-state index in [2.05, 4.69) is 0 Å². The number of hydrogen-bond donors (Lipinski definition) is 3. The number of nitrogen functional groups attached to an aromatic ring is 1. The van der Waals surface area contributed by atoms with E-state index >= 15 is 0 Å². The van der Waals surface area contributed by atoms with Gasteiger partial charge in [-0.1, -0.05) is 12.1 Å². The Morgan fingerprint density at radius 1 is 1.10 bits per heavy atom. The maximum Gasteiger partial charge on any atom is 0.261 e. The number of carbonyl (C=O) groups excluding carboxylic acids is 2. The maximum atomic E-state index is 12.4. The number of benzene rings is 2. The highest BCUT2D eigenvalue weighted by molar-refractivity contribution is 6.26. The molecule has 1 heterocycles. The molecule has 4 N–H and O–H groups in total. The van der Waals surface area contributed by atoms with E-state index in [1.165, 1.54) is 0 Å². The minimum absolute atomic E-state index is 0.242. The molecule has 0 aromatic heterocycles. The van der Waals surface area contributed by atoms with Crippen LogP contribution in [-0.2, 0) is 0 Å². The predicted octanol–water partition coefficient (Wildman–Crippen LogP) is 0.371. The summed E-state index contributed by atoms with van der Waals surface area (Å²) in [4.78, 5) is 25.8. The summed E-state index contributed by atoms with van der Waals surface area (Å²) in [6, 6.07) is 8.28. The van der Waals surface area contributed by atoms with Gasteiger partial charge in [-0.15, -0.1) is 0 Å². The standard InChI is InChI=1S/C15H14N2O4/c16-12-5-4-11-13-9(12)2-1-3-10(13)14(20)17(15(11)21)6-8(19)7-18/h1-5,8,18-19H,6-7,16H2/t8-/m1/s1. The smallest absolute Gasteiger partial charge is 0.261 e. The zero-order valence-electron chi connectivity index (χ0n) is 11.1. The predicted molar refractivity (Wildman–Crippen MR) is 76.8 cm³/mol. The van der Waals surface area contributed by atoms with Gasteiger partial charge in [0.1, 0.15) is 0 Å².